The smallest absolute Gasteiger partial charge is 0.140 e. The van der Waals surface area contributed by atoms with Gasteiger partial charge in [0.2, 0.25) is 0 Å². The summed E-state index contributed by atoms with van der Waals surface area (Å²) >= 11 is 0. The molecular weight excluding hydrogens is 560 g/mol. The SMILES string of the molecule is C1=CNCC(c2ccc3c(c2)C2(c4cc(-c5cccnc5)ccc4-3)c3ccc4ccccc4c3Oc3c2ccc2ccccc32)=C1. The lowest BCUT2D eigenvalue weighted by Crippen LogP contribution is -2.32. The lowest BCUT2D eigenvalue weighted by Gasteiger charge is -2.40. The van der Waals surface area contributed by atoms with Gasteiger partial charge in [-0.05, 0) is 85.8 Å². The number of aromatic nitrogens is 1. The van der Waals surface area contributed by atoms with E-state index < -0.39 is 5.41 Å². The summed E-state index contributed by atoms with van der Waals surface area (Å²) < 4.78 is 7.14. The predicted molar refractivity (Wildman–Crippen MR) is 187 cm³/mol. The molecule has 10 rings (SSSR count). The molecule has 6 aromatic carbocycles. The van der Waals surface area contributed by atoms with Crippen LogP contribution in [0.3, 0.4) is 0 Å². The van der Waals surface area contributed by atoms with Gasteiger partial charge >= 0.3 is 0 Å². The van der Waals surface area contributed by atoms with Gasteiger partial charge in [0, 0.05) is 40.8 Å². The molecule has 0 unspecified atom stereocenters. The van der Waals surface area contributed by atoms with Gasteiger partial charge in [0.25, 0.3) is 0 Å². The quantitative estimate of drug-likeness (QED) is 0.218. The summed E-state index contributed by atoms with van der Waals surface area (Å²) in [4.78, 5) is 4.46. The predicted octanol–water partition coefficient (Wildman–Crippen LogP) is 10.0. The van der Waals surface area contributed by atoms with Crippen molar-refractivity contribution in [3.8, 4) is 33.8 Å². The average Bonchev–Trinajstić information content (AvgIpc) is 3.41. The number of fused-ring (bicyclic) bond motifs is 13. The lowest BCUT2D eigenvalue weighted by molar-refractivity contribution is 0.447. The molecule has 0 saturated carbocycles. The molecule has 3 aliphatic rings. The maximum absolute atomic E-state index is 7.14. The standard InChI is InChI=1S/C43H28N2O/c1-3-11-33-27(7-1)15-19-37-41(33)46-42-34-12-4-2-8-28(34)16-20-38(42)43(37)39-23-29(31-9-5-21-44-25-31)13-17-35(39)36-18-14-30(24-40(36)43)32-10-6-22-45-26-32/h1-25,45H,26H2. The monoisotopic (exact) mass is 588 g/mol. The Morgan fingerprint density at radius 1 is 0.587 bits per heavy atom. The molecule has 1 spiro atoms. The number of allylic oxidation sites excluding steroid dienone is 2. The van der Waals surface area contributed by atoms with E-state index >= 15 is 0 Å². The summed E-state index contributed by atoms with van der Waals surface area (Å²) in [6.07, 6.45) is 10.1. The summed E-state index contributed by atoms with van der Waals surface area (Å²) in [5, 5.41) is 7.99. The number of dihydropyridines is 1. The van der Waals surface area contributed by atoms with E-state index in [1.54, 1.807) is 0 Å². The number of nitrogens with zero attached hydrogens (tertiary/aromatic N) is 1. The van der Waals surface area contributed by atoms with Gasteiger partial charge in [-0.2, -0.15) is 0 Å². The third-order valence-corrected chi connectivity index (χ3v) is 10.1. The number of ether oxygens (including phenoxy) is 1. The van der Waals surface area contributed by atoms with E-state index in [9.17, 15) is 0 Å². The maximum atomic E-state index is 7.14. The lowest BCUT2D eigenvalue weighted by atomic mass is 9.65. The Morgan fingerprint density at radius 3 is 1.87 bits per heavy atom. The number of benzene rings is 6. The van der Waals surface area contributed by atoms with Crippen molar-refractivity contribution in [2.24, 2.45) is 0 Å². The van der Waals surface area contributed by atoms with Crippen molar-refractivity contribution in [1.29, 1.82) is 0 Å². The normalized spacial score (nSPS) is 15.0. The van der Waals surface area contributed by atoms with E-state index in [1.807, 2.05) is 24.7 Å². The van der Waals surface area contributed by atoms with Crippen LogP contribution in [0.1, 0.15) is 27.8 Å². The molecule has 3 nitrogen and oxygen atoms in total. The molecule has 0 atom stereocenters. The molecule has 0 saturated heterocycles. The third-order valence-electron chi connectivity index (χ3n) is 10.1. The van der Waals surface area contributed by atoms with Gasteiger partial charge in [0.05, 0.1) is 5.41 Å². The number of pyridine rings is 1. The van der Waals surface area contributed by atoms with Crippen molar-refractivity contribution in [2.75, 3.05) is 6.54 Å². The molecule has 3 heterocycles. The third kappa shape index (κ3) is 3.40. The van der Waals surface area contributed by atoms with Crippen LogP contribution < -0.4 is 10.1 Å². The van der Waals surface area contributed by atoms with Crippen molar-refractivity contribution in [1.82, 2.24) is 10.3 Å². The molecule has 0 radical (unpaired) electrons. The van der Waals surface area contributed by atoms with E-state index in [0.29, 0.717) is 0 Å². The second-order valence-electron chi connectivity index (χ2n) is 12.4. The van der Waals surface area contributed by atoms with Crippen LogP contribution in [0.25, 0.3) is 49.4 Å². The minimum Gasteiger partial charge on any atom is -0.455 e. The number of nitrogens with one attached hydrogen (secondary N) is 1. The molecule has 0 bridgehead atoms. The highest BCUT2D eigenvalue weighted by atomic mass is 16.5. The summed E-state index contributed by atoms with van der Waals surface area (Å²) in [6.45, 7) is 0.798. The van der Waals surface area contributed by atoms with Crippen LogP contribution in [0.15, 0.2) is 152 Å². The van der Waals surface area contributed by atoms with Crippen molar-refractivity contribution < 1.29 is 4.74 Å². The topological polar surface area (TPSA) is 34.2 Å². The van der Waals surface area contributed by atoms with Gasteiger partial charge in [-0.25, -0.2) is 0 Å². The molecule has 1 N–H and O–H groups in total. The minimum absolute atomic E-state index is 0.603. The summed E-state index contributed by atoms with van der Waals surface area (Å²) in [6, 6.07) is 44.5. The van der Waals surface area contributed by atoms with Crippen molar-refractivity contribution >= 4 is 27.1 Å². The highest BCUT2D eigenvalue weighted by Crippen LogP contribution is 2.64. The molecule has 1 aromatic heterocycles. The Bertz CT molecular complexity index is 2370. The van der Waals surface area contributed by atoms with Crippen LogP contribution in [0.2, 0.25) is 0 Å². The molecule has 0 fully saturated rings. The molecule has 7 aromatic rings. The molecule has 0 amide bonds. The van der Waals surface area contributed by atoms with Gasteiger partial charge in [0.1, 0.15) is 11.5 Å². The second-order valence-corrected chi connectivity index (χ2v) is 12.4. The first-order valence-corrected chi connectivity index (χ1v) is 15.8. The van der Waals surface area contributed by atoms with Crippen LogP contribution in [0.4, 0.5) is 0 Å². The number of rotatable bonds is 2. The zero-order chi connectivity index (χ0) is 30.2. The second kappa shape index (κ2) is 9.53. The fourth-order valence-electron chi connectivity index (χ4n) is 8.02. The van der Waals surface area contributed by atoms with E-state index in [4.69, 9.17) is 4.74 Å². The number of hydrogen-bond donors (Lipinski definition) is 1. The summed E-state index contributed by atoms with van der Waals surface area (Å²) in [5.74, 6) is 1.86. The molecule has 46 heavy (non-hydrogen) atoms. The Hall–Kier alpha value is -5.93. The van der Waals surface area contributed by atoms with Gasteiger partial charge in [-0.1, -0.05) is 109 Å². The van der Waals surface area contributed by atoms with Crippen LogP contribution >= 0.6 is 0 Å². The van der Waals surface area contributed by atoms with E-state index in [0.717, 1.165) is 39.9 Å². The van der Waals surface area contributed by atoms with Gasteiger partial charge in [-0.15, -0.1) is 0 Å². The van der Waals surface area contributed by atoms with E-state index in [2.05, 4.69) is 138 Å². The molecule has 216 valence electrons. The number of hydrogen-bond acceptors (Lipinski definition) is 3. The minimum atomic E-state index is -0.603. The van der Waals surface area contributed by atoms with Crippen LogP contribution in [-0.2, 0) is 5.41 Å². The van der Waals surface area contributed by atoms with Crippen LogP contribution in [0.5, 0.6) is 11.5 Å². The average molecular weight is 589 g/mol. The highest BCUT2D eigenvalue weighted by molar-refractivity contribution is 6.00. The van der Waals surface area contributed by atoms with Gasteiger partial charge < -0.3 is 10.1 Å². The van der Waals surface area contributed by atoms with Crippen molar-refractivity contribution in [2.45, 2.75) is 5.41 Å². The van der Waals surface area contributed by atoms with Crippen molar-refractivity contribution in [3.05, 3.63) is 180 Å². The molecule has 3 heteroatoms. The molecule has 2 aliphatic heterocycles. The molecular formula is C43H28N2O. The molecule has 1 aliphatic carbocycles. The largest absolute Gasteiger partial charge is 0.455 e. The Morgan fingerprint density at radius 2 is 1.24 bits per heavy atom. The maximum Gasteiger partial charge on any atom is 0.140 e. The summed E-state index contributed by atoms with van der Waals surface area (Å²) in [7, 11) is 0. The first-order valence-electron chi connectivity index (χ1n) is 15.8. The first kappa shape index (κ1) is 25.4. The zero-order valence-electron chi connectivity index (χ0n) is 25.0. The Balaban J connectivity index is 1.39. The first-order chi connectivity index (χ1) is 22.8. The fraction of sp³-hybridized carbons (Fsp3) is 0.0465. The van der Waals surface area contributed by atoms with E-state index in [1.165, 1.54) is 55.3 Å². The van der Waals surface area contributed by atoms with Crippen LogP contribution in [0, 0.1) is 0 Å². The van der Waals surface area contributed by atoms with Crippen molar-refractivity contribution in [3.63, 3.8) is 0 Å². The van der Waals surface area contributed by atoms with E-state index in [-0.39, 0.29) is 0 Å². The Kier molecular flexibility index (Phi) is 5.26. The zero-order valence-corrected chi connectivity index (χ0v) is 25.0. The van der Waals surface area contributed by atoms with Gasteiger partial charge in [0.15, 0.2) is 0 Å². The fourth-order valence-corrected chi connectivity index (χ4v) is 8.02. The summed E-state index contributed by atoms with van der Waals surface area (Å²) in [5.41, 5.74) is 11.6. The highest BCUT2D eigenvalue weighted by Gasteiger charge is 2.52. The van der Waals surface area contributed by atoms with Crippen LogP contribution in [-0.4, -0.2) is 11.5 Å². The van der Waals surface area contributed by atoms with Gasteiger partial charge in [-0.3, -0.25) is 4.98 Å². The Labute approximate surface area is 267 Å².